The van der Waals surface area contributed by atoms with Crippen molar-refractivity contribution in [1.82, 2.24) is 19.9 Å². The topological polar surface area (TPSA) is 143 Å². The molecule has 0 saturated carbocycles. The molecule has 2 aromatic heterocycles. The highest BCUT2D eigenvalue weighted by Gasteiger charge is 2.18. The second-order valence-electron chi connectivity index (χ2n) is 3.44. The fourth-order valence-corrected chi connectivity index (χ4v) is 1.29. The monoisotopic (exact) mass is 252 g/mol. The first-order valence-electron chi connectivity index (χ1n) is 4.78. The van der Waals surface area contributed by atoms with Crippen LogP contribution in [0.15, 0.2) is 10.6 Å². The Kier molecular flexibility index (Phi) is 2.75. The maximum atomic E-state index is 10.7. The fraction of sp³-hybridized carbons (Fsp3) is 0.250. The second kappa shape index (κ2) is 4.24. The molecule has 2 N–H and O–H groups in total. The van der Waals surface area contributed by atoms with Crippen molar-refractivity contribution in [3.8, 4) is 0 Å². The summed E-state index contributed by atoms with van der Waals surface area (Å²) in [5.41, 5.74) is 5.51. The number of hydrogen-bond acceptors (Lipinski definition) is 7. The van der Waals surface area contributed by atoms with Gasteiger partial charge in [-0.2, -0.15) is 9.67 Å². The van der Waals surface area contributed by atoms with Crippen molar-refractivity contribution in [2.45, 2.75) is 13.5 Å². The van der Waals surface area contributed by atoms with Gasteiger partial charge < -0.3 is 20.4 Å². The van der Waals surface area contributed by atoms with E-state index in [9.17, 15) is 14.9 Å². The standard InChI is InChI=1S/C8H8N6O4/c1-4-2-6(14(16)17)11-13(4)3-5-10-8(7(9)15)18-12-5/h2H,3H2,1H3,(H2,9,15). The molecular formula is C8H8N6O4. The number of nitrogens with two attached hydrogens (primary N) is 1. The number of primary amides is 1. The van der Waals surface area contributed by atoms with Gasteiger partial charge in [0, 0.05) is 0 Å². The first-order chi connectivity index (χ1) is 8.47. The molecule has 0 atom stereocenters. The van der Waals surface area contributed by atoms with Crippen molar-refractivity contribution < 1.29 is 14.2 Å². The van der Waals surface area contributed by atoms with E-state index >= 15 is 0 Å². The van der Waals surface area contributed by atoms with E-state index < -0.39 is 10.8 Å². The lowest BCUT2D eigenvalue weighted by Crippen LogP contribution is -2.12. The first-order valence-corrected chi connectivity index (χ1v) is 4.78. The number of aromatic nitrogens is 4. The summed E-state index contributed by atoms with van der Waals surface area (Å²) >= 11 is 0. The molecule has 0 aromatic carbocycles. The van der Waals surface area contributed by atoms with Crippen LogP contribution in [0, 0.1) is 17.0 Å². The summed E-state index contributed by atoms with van der Waals surface area (Å²) in [5.74, 6) is -1.27. The molecule has 0 aliphatic rings. The lowest BCUT2D eigenvalue weighted by molar-refractivity contribution is -0.389. The molecule has 10 nitrogen and oxygen atoms in total. The van der Waals surface area contributed by atoms with E-state index in [2.05, 4.69) is 19.8 Å². The minimum atomic E-state index is -0.836. The first kappa shape index (κ1) is 11.7. The number of rotatable bonds is 4. The second-order valence-corrected chi connectivity index (χ2v) is 3.44. The lowest BCUT2D eigenvalue weighted by atomic mass is 10.4. The Balaban J connectivity index is 2.22. The highest BCUT2D eigenvalue weighted by atomic mass is 16.6. The van der Waals surface area contributed by atoms with E-state index in [1.54, 1.807) is 6.92 Å². The van der Waals surface area contributed by atoms with Crippen LogP contribution in [0.25, 0.3) is 0 Å². The predicted octanol–water partition coefficient (Wildman–Crippen LogP) is -0.370. The molecule has 94 valence electrons. The molecule has 0 spiro atoms. The quantitative estimate of drug-likeness (QED) is 0.577. The Morgan fingerprint density at radius 2 is 2.39 bits per heavy atom. The van der Waals surface area contributed by atoms with Gasteiger partial charge in [0.15, 0.2) is 5.82 Å². The van der Waals surface area contributed by atoms with Crippen molar-refractivity contribution in [1.29, 1.82) is 0 Å². The van der Waals surface area contributed by atoms with E-state index in [-0.39, 0.29) is 24.1 Å². The van der Waals surface area contributed by atoms with E-state index in [4.69, 9.17) is 5.73 Å². The van der Waals surface area contributed by atoms with Crippen molar-refractivity contribution in [2.75, 3.05) is 0 Å². The maximum absolute atomic E-state index is 10.7. The van der Waals surface area contributed by atoms with Crippen molar-refractivity contribution in [3.63, 3.8) is 0 Å². The number of aryl methyl sites for hydroxylation is 1. The number of carbonyl (C=O) groups is 1. The Labute approximate surface area is 99.5 Å². The molecule has 18 heavy (non-hydrogen) atoms. The van der Waals surface area contributed by atoms with Crippen LogP contribution < -0.4 is 5.73 Å². The molecule has 2 rings (SSSR count). The molecule has 0 radical (unpaired) electrons. The number of amides is 1. The minimum Gasteiger partial charge on any atom is -0.361 e. The van der Waals surface area contributed by atoms with Gasteiger partial charge >= 0.3 is 17.6 Å². The summed E-state index contributed by atoms with van der Waals surface area (Å²) in [4.78, 5) is 24.4. The van der Waals surface area contributed by atoms with Gasteiger partial charge in [-0.15, -0.1) is 0 Å². The van der Waals surface area contributed by atoms with Crippen LogP contribution in [0.4, 0.5) is 5.82 Å². The van der Waals surface area contributed by atoms with Gasteiger partial charge in [0.25, 0.3) is 0 Å². The van der Waals surface area contributed by atoms with E-state index in [1.165, 1.54) is 10.7 Å². The normalized spacial score (nSPS) is 10.5. The number of carbonyl (C=O) groups excluding carboxylic acids is 1. The third-order valence-corrected chi connectivity index (χ3v) is 2.13. The fourth-order valence-electron chi connectivity index (χ4n) is 1.29. The molecule has 0 aliphatic heterocycles. The van der Waals surface area contributed by atoms with Gasteiger partial charge in [-0.3, -0.25) is 4.79 Å². The molecule has 0 unspecified atom stereocenters. The van der Waals surface area contributed by atoms with Crippen LogP contribution in [0.3, 0.4) is 0 Å². The maximum Gasteiger partial charge on any atom is 0.390 e. The summed E-state index contributed by atoms with van der Waals surface area (Å²) in [5, 5.41) is 17.8. The summed E-state index contributed by atoms with van der Waals surface area (Å²) in [6.07, 6.45) is 0. The van der Waals surface area contributed by atoms with Crippen LogP contribution in [0.5, 0.6) is 0 Å². The van der Waals surface area contributed by atoms with Gasteiger partial charge in [0.2, 0.25) is 0 Å². The zero-order valence-corrected chi connectivity index (χ0v) is 9.23. The van der Waals surface area contributed by atoms with Crippen LogP contribution in [0.2, 0.25) is 0 Å². The molecule has 0 saturated heterocycles. The van der Waals surface area contributed by atoms with Crippen molar-refractivity contribution >= 4 is 11.7 Å². The smallest absolute Gasteiger partial charge is 0.361 e. The van der Waals surface area contributed by atoms with Crippen molar-refractivity contribution in [2.24, 2.45) is 5.73 Å². The van der Waals surface area contributed by atoms with Gasteiger partial charge in [0.05, 0.1) is 16.9 Å². The summed E-state index contributed by atoms with van der Waals surface area (Å²) < 4.78 is 5.91. The minimum absolute atomic E-state index is 0.0520. The van der Waals surface area contributed by atoms with E-state index in [0.29, 0.717) is 5.69 Å². The largest absolute Gasteiger partial charge is 0.390 e. The van der Waals surface area contributed by atoms with Gasteiger partial charge in [-0.25, -0.2) is 0 Å². The summed E-state index contributed by atoms with van der Waals surface area (Å²) in [6, 6.07) is 1.31. The average molecular weight is 252 g/mol. The van der Waals surface area contributed by atoms with Crippen molar-refractivity contribution in [3.05, 3.63) is 33.6 Å². The number of nitro groups is 1. The Hall–Kier alpha value is -2.78. The van der Waals surface area contributed by atoms with Gasteiger partial charge in [-0.1, -0.05) is 5.16 Å². The lowest BCUT2D eigenvalue weighted by Gasteiger charge is -1.92. The Bertz CT molecular complexity index is 615. The molecular weight excluding hydrogens is 244 g/mol. The summed E-state index contributed by atoms with van der Waals surface area (Å²) in [7, 11) is 0. The number of nitrogens with zero attached hydrogens (tertiary/aromatic N) is 5. The zero-order valence-electron chi connectivity index (χ0n) is 9.23. The molecule has 2 heterocycles. The Morgan fingerprint density at radius 1 is 1.67 bits per heavy atom. The highest BCUT2D eigenvalue weighted by Crippen LogP contribution is 2.12. The molecule has 10 heteroatoms. The molecule has 0 fully saturated rings. The van der Waals surface area contributed by atoms with E-state index in [1.807, 2.05) is 0 Å². The Morgan fingerprint density at radius 3 is 2.89 bits per heavy atom. The van der Waals surface area contributed by atoms with Crippen LogP contribution >= 0.6 is 0 Å². The predicted molar refractivity (Wildman–Crippen MR) is 55.5 cm³/mol. The summed E-state index contributed by atoms with van der Waals surface area (Å²) in [6.45, 7) is 1.70. The van der Waals surface area contributed by atoms with Crippen LogP contribution in [0.1, 0.15) is 22.2 Å². The molecule has 1 amide bonds. The zero-order chi connectivity index (χ0) is 13.3. The molecule has 0 aliphatic carbocycles. The van der Waals surface area contributed by atoms with Gasteiger partial charge in [-0.05, 0) is 11.8 Å². The van der Waals surface area contributed by atoms with Gasteiger partial charge in [0.1, 0.15) is 6.54 Å². The number of hydrogen-bond donors (Lipinski definition) is 1. The molecule has 2 aromatic rings. The average Bonchev–Trinajstić information content (AvgIpc) is 2.87. The van der Waals surface area contributed by atoms with Crippen LogP contribution in [-0.4, -0.2) is 30.8 Å². The van der Waals surface area contributed by atoms with E-state index in [0.717, 1.165) is 0 Å². The third-order valence-electron chi connectivity index (χ3n) is 2.13. The van der Waals surface area contributed by atoms with Crippen LogP contribution in [-0.2, 0) is 6.54 Å². The third kappa shape index (κ3) is 2.16. The SMILES string of the molecule is Cc1cc([N+](=O)[O-])nn1Cc1noc(C(N)=O)n1. The molecule has 0 bridgehead atoms. The highest BCUT2D eigenvalue weighted by molar-refractivity contribution is 5.87.